The van der Waals surface area contributed by atoms with E-state index in [9.17, 15) is 0 Å². The van der Waals surface area contributed by atoms with E-state index in [0.29, 0.717) is 26.8 Å². The standard InChI is InChI=1S/C10H5Cl3N2O/c11-6-1-2-8(7(12)5-6)16-10-4-3-9(13)14-15-10/h1-5H. The smallest absolute Gasteiger partial charge is 0.239 e. The van der Waals surface area contributed by atoms with Crippen molar-refractivity contribution in [2.24, 2.45) is 0 Å². The van der Waals surface area contributed by atoms with Crippen LogP contribution in [0.25, 0.3) is 0 Å². The first-order valence-corrected chi connectivity index (χ1v) is 5.41. The molecule has 0 atom stereocenters. The zero-order chi connectivity index (χ0) is 11.5. The molecule has 0 unspecified atom stereocenters. The topological polar surface area (TPSA) is 35.0 Å². The molecule has 0 N–H and O–H groups in total. The summed E-state index contributed by atoms with van der Waals surface area (Å²) in [5.41, 5.74) is 0. The van der Waals surface area contributed by atoms with E-state index in [2.05, 4.69) is 10.2 Å². The van der Waals surface area contributed by atoms with Crippen molar-refractivity contribution in [1.29, 1.82) is 0 Å². The highest BCUT2D eigenvalue weighted by Crippen LogP contribution is 2.30. The van der Waals surface area contributed by atoms with Crippen LogP contribution < -0.4 is 4.74 Å². The van der Waals surface area contributed by atoms with Gasteiger partial charge < -0.3 is 4.74 Å². The van der Waals surface area contributed by atoms with E-state index in [1.165, 1.54) is 0 Å². The average molecular weight is 276 g/mol. The minimum atomic E-state index is 0.301. The van der Waals surface area contributed by atoms with Crippen molar-refractivity contribution in [3.05, 3.63) is 45.5 Å². The highest BCUT2D eigenvalue weighted by Gasteiger charge is 2.05. The summed E-state index contributed by atoms with van der Waals surface area (Å²) in [5.74, 6) is 0.774. The van der Waals surface area contributed by atoms with E-state index in [0.717, 1.165) is 0 Å². The predicted molar refractivity (Wildman–Crippen MR) is 63.6 cm³/mol. The van der Waals surface area contributed by atoms with E-state index < -0.39 is 0 Å². The van der Waals surface area contributed by atoms with E-state index in [1.807, 2.05) is 0 Å². The molecule has 0 bridgehead atoms. The largest absolute Gasteiger partial charge is 0.436 e. The van der Waals surface area contributed by atoms with Crippen molar-refractivity contribution >= 4 is 34.8 Å². The Kier molecular flexibility index (Phi) is 3.49. The molecule has 0 aliphatic carbocycles. The second-order valence-corrected chi connectivity index (χ2v) is 4.10. The first kappa shape index (κ1) is 11.5. The van der Waals surface area contributed by atoms with Gasteiger partial charge in [-0.2, -0.15) is 0 Å². The zero-order valence-corrected chi connectivity index (χ0v) is 10.1. The molecule has 1 aromatic carbocycles. The van der Waals surface area contributed by atoms with Gasteiger partial charge in [-0.05, 0) is 24.3 Å². The van der Waals surface area contributed by atoms with E-state index >= 15 is 0 Å². The highest BCUT2D eigenvalue weighted by molar-refractivity contribution is 6.35. The molecule has 2 aromatic rings. The Morgan fingerprint density at radius 1 is 0.938 bits per heavy atom. The minimum absolute atomic E-state index is 0.301. The number of ether oxygens (including phenoxy) is 1. The highest BCUT2D eigenvalue weighted by atomic mass is 35.5. The second kappa shape index (κ2) is 4.87. The van der Waals surface area contributed by atoms with Crippen molar-refractivity contribution in [3.8, 4) is 11.6 Å². The molecule has 0 spiro atoms. The Hall–Kier alpha value is -1.03. The molecule has 0 radical (unpaired) electrons. The molecule has 0 aliphatic heterocycles. The van der Waals surface area contributed by atoms with Crippen LogP contribution in [0.5, 0.6) is 11.6 Å². The lowest BCUT2D eigenvalue weighted by Crippen LogP contribution is -1.90. The van der Waals surface area contributed by atoms with Gasteiger partial charge in [-0.15, -0.1) is 10.2 Å². The lowest BCUT2D eigenvalue weighted by Gasteiger charge is -2.05. The van der Waals surface area contributed by atoms with Crippen LogP contribution in [-0.2, 0) is 0 Å². The maximum absolute atomic E-state index is 5.93. The number of hydrogen-bond acceptors (Lipinski definition) is 3. The fourth-order valence-corrected chi connectivity index (χ4v) is 1.58. The van der Waals surface area contributed by atoms with Crippen molar-refractivity contribution < 1.29 is 4.74 Å². The number of aromatic nitrogens is 2. The molecule has 0 amide bonds. The maximum atomic E-state index is 5.93. The van der Waals surface area contributed by atoms with E-state index in [4.69, 9.17) is 39.5 Å². The minimum Gasteiger partial charge on any atom is -0.436 e. The second-order valence-electron chi connectivity index (χ2n) is 2.87. The number of hydrogen-bond donors (Lipinski definition) is 0. The Balaban J connectivity index is 2.23. The molecule has 3 nitrogen and oxygen atoms in total. The van der Waals surface area contributed by atoms with Gasteiger partial charge in [0.05, 0.1) is 5.02 Å². The molecular formula is C10H5Cl3N2O. The van der Waals surface area contributed by atoms with Gasteiger partial charge in [0, 0.05) is 11.1 Å². The summed E-state index contributed by atoms with van der Waals surface area (Å²) in [6.07, 6.45) is 0. The lowest BCUT2D eigenvalue weighted by molar-refractivity contribution is 0.455. The molecule has 16 heavy (non-hydrogen) atoms. The summed E-state index contributed by atoms with van der Waals surface area (Å²) in [4.78, 5) is 0. The molecule has 0 saturated heterocycles. The summed E-state index contributed by atoms with van der Waals surface area (Å²) < 4.78 is 5.40. The molecule has 6 heteroatoms. The van der Waals surface area contributed by atoms with Crippen LogP contribution in [0, 0.1) is 0 Å². The summed E-state index contributed by atoms with van der Waals surface area (Å²) in [7, 11) is 0. The number of nitrogens with zero attached hydrogens (tertiary/aromatic N) is 2. The Morgan fingerprint density at radius 3 is 2.38 bits per heavy atom. The number of halogens is 3. The summed E-state index contributed by atoms with van der Waals surface area (Å²) in [6, 6.07) is 8.09. The average Bonchev–Trinajstić information content (AvgIpc) is 2.25. The van der Waals surface area contributed by atoms with E-state index in [1.54, 1.807) is 30.3 Å². The third kappa shape index (κ3) is 2.76. The molecule has 2 rings (SSSR count). The van der Waals surface area contributed by atoms with Crippen LogP contribution in [0.3, 0.4) is 0 Å². The van der Waals surface area contributed by atoms with Gasteiger partial charge in [0.25, 0.3) is 0 Å². The normalized spacial score (nSPS) is 10.2. The van der Waals surface area contributed by atoms with Gasteiger partial charge in [0.15, 0.2) is 5.15 Å². The molecule has 1 heterocycles. The monoisotopic (exact) mass is 274 g/mol. The quantitative estimate of drug-likeness (QED) is 0.822. The zero-order valence-electron chi connectivity index (χ0n) is 7.82. The maximum Gasteiger partial charge on any atom is 0.239 e. The SMILES string of the molecule is Clc1ccc(Oc2ccc(Cl)nn2)c(Cl)c1. The van der Waals surface area contributed by atoms with Gasteiger partial charge in [-0.1, -0.05) is 34.8 Å². The molecular weight excluding hydrogens is 270 g/mol. The van der Waals surface area contributed by atoms with Crippen LogP contribution in [0.15, 0.2) is 30.3 Å². The fourth-order valence-electron chi connectivity index (χ4n) is 1.03. The van der Waals surface area contributed by atoms with Crippen LogP contribution in [0.1, 0.15) is 0 Å². The molecule has 0 fully saturated rings. The Bertz CT molecular complexity index is 502. The first-order valence-electron chi connectivity index (χ1n) is 4.27. The summed E-state index contributed by atoms with van der Waals surface area (Å²) >= 11 is 17.3. The molecule has 0 aliphatic rings. The third-order valence-electron chi connectivity index (χ3n) is 1.72. The third-order valence-corrected chi connectivity index (χ3v) is 2.45. The van der Waals surface area contributed by atoms with E-state index in [-0.39, 0.29) is 0 Å². The van der Waals surface area contributed by atoms with Crippen LogP contribution in [-0.4, -0.2) is 10.2 Å². The Labute approximate surface area is 107 Å². The van der Waals surface area contributed by atoms with Gasteiger partial charge in [-0.3, -0.25) is 0 Å². The van der Waals surface area contributed by atoms with Crippen LogP contribution >= 0.6 is 34.8 Å². The molecule has 1 aromatic heterocycles. The first-order chi connectivity index (χ1) is 7.65. The summed E-state index contributed by atoms with van der Waals surface area (Å²) in [5, 5.41) is 8.63. The Morgan fingerprint density at radius 2 is 1.75 bits per heavy atom. The molecule has 0 saturated carbocycles. The van der Waals surface area contributed by atoms with Gasteiger partial charge in [0.1, 0.15) is 5.75 Å². The van der Waals surface area contributed by atoms with Crippen molar-refractivity contribution in [2.45, 2.75) is 0 Å². The van der Waals surface area contributed by atoms with Gasteiger partial charge in [0.2, 0.25) is 5.88 Å². The van der Waals surface area contributed by atoms with Crippen molar-refractivity contribution in [2.75, 3.05) is 0 Å². The lowest BCUT2D eigenvalue weighted by atomic mass is 10.3. The van der Waals surface area contributed by atoms with Crippen molar-refractivity contribution in [1.82, 2.24) is 10.2 Å². The molecule has 82 valence electrons. The van der Waals surface area contributed by atoms with Crippen molar-refractivity contribution in [3.63, 3.8) is 0 Å². The van der Waals surface area contributed by atoms with Gasteiger partial charge in [-0.25, -0.2) is 0 Å². The van der Waals surface area contributed by atoms with Crippen LogP contribution in [0.4, 0.5) is 0 Å². The number of rotatable bonds is 2. The van der Waals surface area contributed by atoms with Gasteiger partial charge >= 0.3 is 0 Å². The number of benzene rings is 1. The predicted octanol–water partition coefficient (Wildman–Crippen LogP) is 4.23. The fraction of sp³-hybridized carbons (Fsp3) is 0. The summed E-state index contributed by atoms with van der Waals surface area (Å²) in [6.45, 7) is 0. The van der Waals surface area contributed by atoms with Crippen LogP contribution in [0.2, 0.25) is 15.2 Å².